The zero-order chi connectivity index (χ0) is 36.9. The van der Waals surface area contributed by atoms with Crippen molar-refractivity contribution < 1.29 is 37.5 Å². The quantitative estimate of drug-likeness (QED) is 0.154. The first-order chi connectivity index (χ1) is 24.9. The monoisotopic (exact) mass is 776 g/mol. The molecule has 260 valence electrons. The highest BCUT2D eigenvalue weighted by molar-refractivity contribution is 7.21. The first-order valence-corrected chi connectivity index (χ1v) is 17.7. The van der Waals surface area contributed by atoms with E-state index in [1.165, 1.54) is 66.7 Å². The molecule has 0 saturated heterocycles. The van der Waals surface area contributed by atoms with Crippen LogP contribution in [0.1, 0.15) is 31.8 Å². The number of anilines is 2. The van der Waals surface area contributed by atoms with Crippen LogP contribution in [-0.2, 0) is 20.9 Å². The Labute approximate surface area is 311 Å². The van der Waals surface area contributed by atoms with Gasteiger partial charge in [-0.25, -0.2) is 13.2 Å². The number of benzene rings is 4. The van der Waals surface area contributed by atoms with E-state index in [4.69, 9.17) is 23.2 Å². The van der Waals surface area contributed by atoms with Crippen molar-refractivity contribution in [3.8, 4) is 28.0 Å². The smallest absolute Gasteiger partial charge is 0.275 e. The molecule has 14 heteroatoms. The lowest BCUT2D eigenvalue weighted by Crippen LogP contribution is -2.47. The van der Waals surface area contributed by atoms with Crippen LogP contribution in [0.4, 0.5) is 23.2 Å². The third-order valence-electron chi connectivity index (χ3n) is 8.53. The lowest BCUT2D eigenvalue weighted by Gasteiger charge is -2.28. The molecule has 0 fully saturated rings. The molecule has 6 aromatic rings. The van der Waals surface area contributed by atoms with Crippen molar-refractivity contribution in [3.63, 3.8) is 0 Å². The summed E-state index contributed by atoms with van der Waals surface area (Å²) in [5.74, 6) is -4.66. The summed E-state index contributed by atoms with van der Waals surface area (Å²) in [7, 11) is 0. The van der Waals surface area contributed by atoms with Crippen LogP contribution in [0.25, 0.3) is 22.3 Å². The number of carbonyl (C=O) groups excluding carboxylic acids is 4. The number of alkyl halides is 2. The molecule has 0 aliphatic carbocycles. The Morgan fingerprint density at radius 1 is 0.558 bits per heavy atom. The predicted molar refractivity (Wildman–Crippen MR) is 196 cm³/mol. The van der Waals surface area contributed by atoms with Gasteiger partial charge >= 0.3 is 0 Å². The summed E-state index contributed by atoms with van der Waals surface area (Å²) in [6.07, 6.45) is 0. The van der Waals surface area contributed by atoms with Crippen molar-refractivity contribution in [3.05, 3.63) is 146 Å². The predicted octanol–water partition coefficient (Wildman–Crippen LogP) is 9.98. The van der Waals surface area contributed by atoms with Gasteiger partial charge in [-0.3, -0.25) is 19.2 Å². The topological polar surface area (TPSA) is 113 Å². The molecule has 4 heterocycles. The molecule has 2 amide bonds. The van der Waals surface area contributed by atoms with Crippen molar-refractivity contribution in [1.82, 2.24) is 0 Å². The van der Waals surface area contributed by atoms with Crippen molar-refractivity contribution in [1.29, 1.82) is 0 Å². The molecule has 0 saturated carbocycles. The third kappa shape index (κ3) is 5.59. The fraction of sp³-hybridized carbons (Fsp3) is 0.0526. The number of ketones is 2. The van der Waals surface area contributed by atoms with Gasteiger partial charge in [0.2, 0.25) is 11.6 Å². The summed E-state index contributed by atoms with van der Waals surface area (Å²) in [5.41, 5.74) is -4.87. The Morgan fingerprint density at radius 2 is 0.981 bits per heavy atom. The summed E-state index contributed by atoms with van der Waals surface area (Å²) < 4.78 is 46.0. The van der Waals surface area contributed by atoms with E-state index in [2.05, 4.69) is 10.6 Å². The van der Waals surface area contributed by atoms with Gasteiger partial charge in [-0.05, 0) is 23.8 Å². The number of halogens is 5. The van der Waals surface area contributed by atoms with E-state index in [0.29, 0.717) is 11.1 Å². The SMILES string of the molecule is O=C1Nc2sc(Cl)c(-c3ccc(O)cc3)c2C(=O)C1(F)c1ccccc1.O=C1Nc2sc(Cl)c(-c3ccccc3F)c2C(=O)C1(F)c1ccccc1. The Hall–Kier alpha value is -5.27. The van der Waals surface area contributed by atoms with Crippen LogP contribution in [0, 0.1) is 5.82 Å². The van der Waals surface area contributed by atoms with Gasteiger partial charge in [0.15, 0.2) is 0 Å². The number of carbonyl (C=O) groups is 4. The lowest BCUT2D eigenvalue weighted by molar-refractivity contribution is -0.126. The van der Waals surface area contributed by atoms with Crippen LogP contribution in [0.3, 0.4) is 0 Å². The first-order valence-electron chi connectivity index (χ1n) is 15.3. The van der Waals surface area contributed by atoms with Gasteiger partial charge < -0.3 is 15.7 Å². The number of nitrogens with one attached hydrogen (secondary N) is 2. The van der Waals surface area contributed by atoms with Crippen molar-refractivity contribution >= 4 is 79.3 Å². The molecule has 7 nitrogen and oxygen atoms in total. The summed E-state index contributed by atoms with van der Waals surface area (Å²) in [5, 5.41) is 14.7. The van der Waals surface area contributed by atoms with Crippen LogP contribution in [0.5, 0.6) is 5.75 Å². The number of Topliss-reactive ketones (excluding diaryl/α,β-unsaturated/α-hetero) is 2. The van der Waals surface area contributed by atoms with Crippen LogP contribution in [0.2, 0.25) is 8.67 Å². The highest BCUT2D eigenvalue weighted by Gasteiger charge is 2.55. The zero-order valence-electron chi connectivity index (χ0n) is 26.2. The van der Waals surface area contributed by atoms with Gasteiger partial charge in [-0.1, -0.05) is 114 Å². The maximum absolute atomic E-state index is 15.7. The minimum Gasteiger partial charge on any atom is -0.508 e. The summed E-state index contributed by atoms with van der Waals surface area (Å²) in [6.45, 7) is 0. The second-order valence-electron chi connectivity index (χ2n) is 11.6. The van der Waals surface area contributed by atoms with Crippen molar-refractivity contribution in [2.24, 2.45) is 0 Å². The van der Waals surface area contributed by atoms with Gasteiger partial charge in [-0.15, -0.1) is 22.7 Å². The Morgan fingerprint density at radius 3 is 1.46 bits per heavy atom. The molecule has 3 N–H and O–H groups in total. The van der Waals surface area contributed by atoms with E-state index < -0.39 is 40.5 Å². The fourth-order valence-electron chi connectivity index (χ4n) is 6.00. The number of hydrogen-bond acceptors (Lipinski definition) is 7. The van der Waals surface area contributed by atoms with Crippen LogP contribution < -0.4 is 10.6 Å². The van der Waals surface area contributed by atoms with E-state index in [0.717, 1.165) is 22.7 Å². The highest BCUT2D eigenvalue weighted by Crippen LogP contribution is 2.51. The molecular formula is C38H21Cl2F3N2O5S2. The molecule has 52 heavy (non-hydrogen) atoms. The lowest BCUT2D eigenvalue weighted by atomic mass is 9.83. The number of fused-ring (bicyclic) bond motifs is 2. The Bertz CT molecular complexity index is 2420. The van der Waals surface area contributed by atoms with Crippen LogP contribution in [0.15, 0.2) is 109 Å². The normalized spacial score (nSPS) is 19.2. The summed E-state index contributed by atoms with van der Waals surface area (Å²) in [4.78, 5) is 51.0. The van der Waals surface area contributed by atoms with Gasteiger partial charge in [0.25, 0.3) is 23.2 Å². The minimum absolute atomic E-state index is 0.0351. The van der Waals surface area contributed by atoms with E-state index in [1.54, 1.807) is 42.5 Å². The molecule has 2 unspecified atom stereocenters. The zero-order valence-corrected chi connectivity index (χ0v) is 29.3. The number of phenols is 1. The fourth-order valence-corrected chi connectivity index (χ4v) is 8.73. The molecule has 0 bridgehead atoms. The molecule has 0 radical (unpaired) electrons. The van der Waals surface area contributed by atoms with Crippen molar-refractivity contribution in [2.45, 2.75) is 11.3 Å². The van der Waals surface area contributed by atoms with E-state index >= 15 is 8.78 Å². The maximum Gasteiger partial charge on any atom is 0.275 e. The molecular weight excluding hydrogens is 756 g/mol. The van der Waals surface area contributed by atoms with Gasteiger partial charge in [0, 0.05) is 27.8 Å². The Balaban J connectivity index is 0.000000162. The first kappa shape index (κ1) is 35.1. The molecule has 2 atom stereocenters. The number of phenolic OH excluding ortho intramolecular Hbond substituents is 1. The molecule has 2 aromatic heterocycles. The highest BCUT2D eigenvalue weighted by atomic mass is 35.5. The Kier molecular flexibility index (Phi) is 9.04. The number of hydrogen-bond donors (Lipinski definition) is 3. The second kappa shape index (κ2) is 13.4. The molecule has 2 aliphatic rings. The molecule has 4 aromatic carbocycles. The van der Waals surface area contributed by atoms with E-state index in [9.17, 15) is 28.7 Å². The van der Waals surface area contributed by atoms with Crippen LogP contribution in [-0.4, -0.2) is 28.5 Å². The average Bonchev–Trinajstić information content (AvgIpc) is 3.65. The summed E-state index contributed by atoms with van der Waals surface area (Å²) >= 11 is 14.4. The maximum atomic E-state index is 15.7. The van der Waals surface area contributed by atoms with Gasteiger partial charge in [0.1, 0.15) is 30.2 Å². The molecule has 2 aliphatic heterocycles. The standard InChI is InChI=1S/C19H10ClF2NO2S.C19H11ClFNO3S/c20-16-13(11-8-4-5-9-12(11)21)14-15(24)19(22,10-6-2-1-3-7-10)18(25)23-17(14)26-16;20-16-13(10-6-8-12(23)9-7-10)14-15(24)19(21,11-4-2-1-3-5-11)18(25)22-17(14)26-16/h1-9H,(H,23,25);1-9,23H,(H,22,25). The minimum atomic E-state index is -2.90. The average molecular weight is 778 g/mol. The molecule has 0 spiro atoms. The number of thiophene rings is 2. The van der Waals surface area contributed by atoms with Gasteiger partial charge in [0.05, 0.1) is 11.1 Å². The van der Waals surface area contributed by atoms with Crippen molar-refractivity contribution in [2.75, 3.05) is 10.6 Å². The summed E-state index contributed by atoms with van der Waals surface area (Å²) in [6, 6.07) is 26.8. The van der Waals surface area contributed by atoms with E-state index in [1.807, 2.05) is 0 Å². The largest absolute Gasteiger partial charge is 0.508 e. The number of aromatic hydroxyl groups is 1. The van der Waals surface area contributed by atoms with Gasteiger partial charge in [-0.2, -0.15) is 0 Å². The number of amides is 2. The third-order valence-corrected chi connectivity index (χ3v) is 11.2. The number of rotatable bonds is 4. The van der Waals surface area contributed by atoms with Crippen LogP contribution >= 0.6 is 45.9 Å². The van der Waals surface area contributed by atoms with E-state index in [-0.39, 0.29) is 57.8 Å². The molecule has 8 rings (SSSR count). The second-order valence-corrected chi connectivity index (χ2v) is 14.8.